The minimum absolute atomic E-state index is 0.0551. The molecule has 0 aromatic carbocycles. The Morgan fingerprint density at radius 3 is 2.03 bits per heavy atom. The maximum Gasteiger partial charge on any atom is 0.325 e. The molecular weight excluding hydrogens is 468 g/mol. The lowest BCUT2D eigenvalue weighted by molar-refractivity contribution is 0.296. The van der Waals surface area contributed by atoms with Gasteiger partial charge in [0.2, 0.25) is 0 Å². The first-order valence-corrected chi connectivity index (χ1v) is 15.4. The molecule has 0 aliphatic rings. The second-order valence-electron chi connectivity index (χ2n) is 6.69. The van der Waals surface area contributed by atoms with E-state index in [2.05, 4.69) is 49.6 Å². The summed E-state index contributed by atoms with van der Waals surface area (Å²) < 4.78 is 21.8. The van der Waals surface area contributed by atoms with Gasteiger partial charge in [-0.15, -0.1) is 0 Å². The molecule has 2 N–H and O–H groups in total. The zero-order valence-electron chi connectivity index (χ0n) is 18.3. The van der Waals surface area contributed by atoms with Gasteiger partial charge in [-0.1, -0.05) is 95.2 Å². The van der Waals surface area contributed by atoms with E-state index in [-0.39, 0.29) is 18.4 Å². The highest BCUT2D eigenvalue weighted by molar-refractivity contribution is 8.00. The molecule has 0 rings (SSSR count). The lowest BCUT2D eigenvalue weighted by Gasteiger charge is -2.09. The molecule has 0 spiro atoms. The van der Waals surface area contributed by atoms with Crippen LogP contribution in [-0.2, 0) is 13.6 Å². The van der Waals surface area contributed by atoms with Gasteiger partial charge in [0.15, 0.2) is 0 Å². The molecule has 9 heteroatoms. The highest BCUT2D eigenvalue weighted by Crippen LogP contribution is 2.35. The van der Waals surface area contributed by atoms with Gasteiger partial charge in [-0.2, -0.15) is 0 Å². The van der Waals surface area contributed by atoms with E-state index in [0.29, 0.717) is 21.3 Å². The zero-order chi connectivity index (χ0) is 23.2. The third kappa shape index (κ3) is 22.8. The van der Waals surface area contributed by atoms with Gasteiger partial charge in [-0.05, 0) is 32.1 Å². The van der Waals surface area contributed by atoms with Crippen LogP contribution >= 0.6 is 34.5 Å². The average Bonchev–Trinajstić information content (AvgIpc) is 2.72. The summed E-state index contributed by atoms with van der Waals surface area (Å²) in [7, 11) is 1.27. The predicted octanol–water partition coefficient (Wildman–Crippen LogP) is 6.81. The standard InChI is InChI=1S/C22H38O5P4/c1-2-3-4-11-16-21(26-28)17-12-8-6-5-7-9-13-18-22(27-30-29)19-14-10-15-20-31(23,24)25/h4,6-14,17-18,21-22,30H,2-3,5,15-16,19-20,28-29H2,1H3,(H2,23,24,25)/b8-6-,9-7-,11-4-,14-10-,17-12+,18-13+. The molecule has 5 nitrogen and oxygen atoms in total. The molecule has 0 bridgehead atoms. The lowest BCUT2D eigenvalue weighted by Crippen LogP contribution is -2.01. The Kier molecular flexibility index (Phi) is 21.5. The monoisotopic (exact) mass is 506 g/mol. The highest BCUT2D eigenvalue weighted by Gasteiger charge is 2.10. The molecule has 5 atom stereocenters. The van der Waals surface area contributed by atoms with E-state index in [9.17, 15) is 4.57 Å². The van der Waals surface area contributed by atoms with Gasteiger partial charge in [-0.3, -0.25) is 4.57 Å². The molecule has 0 saturated heterocycles. The summed E-state index contributed by atoms with van der Waals surface area (Å²) in [6, 6.07) is 0. The van der Waals surface area contributed by atoms with Crippen LogP contribution in [0.1, 0.15) is 45.4 Å². The molecule has 176 valence electrons. The third-order valence-corrected chi connectivity index (χ3v) is 5.96. The summed E-state index contributed by atoms with van der Waals surface area (Å²) in [5, 5.41) is 0. The molecule has 0 aliphatic heterocycles. The smallest absolute Gasteiger partial charge is 0.325 e. The van der Waals surface area contributed by atoms with E-state index in [4.69, 9.17) is 18.8 Å². The Labute approximate surface area is 194 Å². The van der Waals surface area contributed by atoms with Gasteiger partial charge in [0.1, 0.15) is 0 Å². The van der Waals surface area contributed by atoms with Crippen LogP contribution < -0.4 is 0 Å². The SMILES string of the molecule is CCC/C=C\CC(/C=C/C=C\C/C=C\C=C\C(C/C=C\CCP(=O)(O)O)OPP)OP. The second-order valence-corrected chi connectivity index (χ2v) is 9.92. The first kappa shape index (κ1) is 30.8. The Morgan fingerprint density at radius 1 is 0.903 bits per heavy atom. The molecule has 0 heterocycles. The topological polar surface area (TPSA) is 76.0 Å². The predicted molar refractivity (Wildman–Crippen MR) is 143 cm³/mol. The van der Waals surface area contributed by atoms with Crippen LogP contribution in [-0.4, -0.2) is 28.2 Å². The van der Waals surface area contributed by atoms with E-state index in [1.165, 1.54) is 0 Å². The molecule has 0 aliphatic carbocycles. The fraction of sp³-hybridized carbons (Fsp3) is 0.455. The normalized spacial score (nSPS) is 16.0. The average molecular weight is 506 g/mol. The maximum atomic E-state index is 10.8. The lowest BCUT2D eigenvalue weighted by atomic mass is 10.2. The van der Waals surface area contributed by atoms with E-state index in [1.54, 1.807) is 6.08 Å². The third-order valence-electron chi connectivity index (χ3n) is 3.92. The molecule has 0 aromatic rings. The van der Waals surface area contributed by atoms with Gasteiger partial charge in [-0.25, -0.2) is 0 Å². The molecule has 0 saturated carbocycles. The Hall–Kier alpha value is -0.200. The van der Waals surface area contributed by atoms with Crippen molar-refractivity contribution in [2.24, 2.45) is 0 Å². The number of allylic oxidation sites excluding steroid dienone is 8. The molecule has 0 amide bonds. The van der Waals surface area contributed by atoms with Crippen LogP contribution in [0.25, 0.3) is 0 Å². The van der Waals surface area contributed by atoms with E-state index < -0.39 is 7.60 Å². The molecule has 0 aromatic heterocycles. The molecule has 5 unspecified atom stereocenters. The first-order chi connectivity index (χ1) is 14.9. The van der Waals surface area contributed by atoms with Crippen LogP contribution in [0.4, 0.5) is 0 Å². The van der Waals surface area contributed by atoms with Gasteiger partial charge in [0, 0.05) is 18.0 Å². The van der Waals surface area contributed by atoms with Crippen molar-refractivity contribution in [3.05, 3.63) is 72.9 Å². The Bertz CT molecular complexity index is 650. The van der Waals surface area contributed by atoms with Crippen molar-refractivity contribution in [2.75, 3.05) is 6.16 Å². The van der Waals surface area contributed by atoms with Crippen LogP contribution in [0.2, 0.25) is 0 Å². The molecule has 31 heavy (non-hydrogen) atoms. The summed E-state index contributed by atoms with van der Waals surface area (Å²) >= 11 is 0. The number of unbranched alkanes of at least 4 members (excludes halogenated alkanes) is 1. The number of hydrogen-bond donors (Lipinski definition) is 2. The van der Waals surface area contributed by atoms with E-state index in [1.807, 2.05) is 42.5 Å². The van der Waals surface area contributed by atoms with E-state index in [0.717, 1.165) is 25.7 Å². The van der Waals surface area contributed by atoms with Crippen molar-refractivity contribution >= 4 is 34.5 Å². The zero-order valence-corrected chi connectivity index (χ0v) is 22.5. The maximum absolute atomic E-state index is 10.8. The van der Waals surface area contributed by atoms with E-state index >= 15 is 0 Å². The Balaban J connectivity index is 4.24. The van der Waals surface area contributed by atoms with Crippen molar-refractivity contribution < 1.29 is 23.4 Å². The van der Waals surface area contributed by atoms with Crippen molar-refractivity contribution in [3.8, 4) is 0 Å². The summed E-state index contributed by atoms with van der Waals surface area (Å²) in [6.07, 6.45) is 29.1. The minimum Gasteiger partial charge on any atom is -0.358 e. The van der Waals surface area contributed by atoms with Crippen molar-refractivity contribution in [1.29, 1.82) is 0 Å². The molecule has 0 fully saturated rings. The van der Waals surface area contributed by atoms with Gasteiger partial charge in [0.25, 0.3) is 0 Å². The number of rotatable bonds is 18. The fourth-order valence-electron chi connectivity index (χ4n) is 2.31. The van der Waals surface area contributed by atoms with Crippen molar-refractivity contribution in [2.45, 2.75) is 57.7 Å². The van der Waals surface area contributed by atoms with Crippen molar-refractivity contribution in [3.63, 3.8) is 0 Å². The highest BCUT2D eigenvalue weighted by atomic mass is 32.0. The fourth-order valence-corrected chi connectivity index (χ4v) is 3.87. The minimum atomic E-state index is -3.92. The quantitative estimate of drug-likeness (QED) is 0.121. The van der Waals surface area contributed by atoms with Gasteiger partial charge in [0.05, 0.1) is 18.4 Å². The summed E-state index contributed by atoms with van der Waals surface area (Å²) in [6.45, 7) is 2.17. The summed E-state index contributed by atoms with van der Waals surface area (Å²) in [4.78, 5) is 17.7. The van der Waals surface area contributed by atoms with Crippen molar-refractivity contribution in [1.82, 2.24) is 0 Å². The largest absolute Gasteiger partial charge is 0.358 e. The molecule has 0 radical (unpaired) electrons. The number of hydrogen-bond acceptors (Lipinski definition) is 3. The van der Waals surface area contributed by atoms with Gasteiger partial charge < -0.3 is 18.8 Å². The van der Waals surface area contributed by atoms with Crippen LogP contribution in [0.15, 0.2) is 72.9 Å². The Morgan fingerprint density at radius 2 is 1.48 bits per heavy atom. The van der Waals surface area contributed by atoms with Crippen LogP contribution in [0.3, 0.4) is 0 Å². The first-order valence-electron chi connectivity index (χ1n) is 10.4. The van der Waals surface area contributed by atoms with Crippen LogP contribution in [0.5, 0.6) is 0 Å². The second kappa shape index (κ2) is 21.6. The molecular formula is C22H38O5P4. The summed E-state index contributed by atoms with van der Waals surface area (Å²) in [5.74, 6) is 0. The summed E-state index contributed by atoms with van der Waals surface area (Å²) in [5.41, 5.74) is 0. The van der Waals surface area contributed by atoms with Gasteiger partial charge >= 0.3 is 7.60 Å². The van der Waals surface area contributed by atoms with Crippen LogP contribution in [0, 0.1) is 0 Å².